The van der Waals surface area contributed by atoms with Crippen LogP contribution in [-0.4, -0.2) is 49.8 Å². The van der Waals surface area contributed by atoms with Gasteiger partial charge in [-0.25, -0.2) is 22.8 Å². The molecule has 0 aliphatic heterocycles. The van der Waals surface area contributed by atoms with Gasteiger partial charge in [-0.1, -0.05) is 51.1 Å². The molecule has 4 aromatic rings. The first-order valence-corrected chi connectivity index (χ1v) is 13.5. The van der Waals surface area contributed by atoms with Crippen molar-refractivity contribution in [2.24, 2.45) is 11.1 Å². The van der Waals surface area contributed by atoms with Crippen molar-refractivity contribution in [2.45, 2.75) is 52.7 Å². The summed E-state index contributed by atoms with van der Waals surface area (Å²) in [7, 11) is 0. The van der Waals surface area contributed by atoms with Gasteiger partial charge in [0.25, 0.3) is 5.91 Å². The molecule has 0 bridgehead atoms. The maximum Gasteiger partial charge on any atom is 0.256 e. The summed E-state index contributed by atoms with van der Waals surface area (Å²) in [6.45, 7) is 7.33. The van der Waals surface area contributed by atoms with E-state index in [9.17, 15) is 18.0 Å². The van der Waals surface area contributed by atoms with Crippen molar-refractivity contribution < 1.29 is 18.0 Å². The Morgan fingerprint density at radius 3 is 2.44 bits per heavy atom. The van der Waals surface area contributed by atoms with Crippen molar-refractivity contribution in [1.82, 2.24) is 24.6 Å². The normalized spacial score (nSPS) is 13.2. The number of nitrogens with two attached hydrogens (primary N) is 1. The number of benzene rings is 2. The first-order chi connectivity index (χ1) is 19.5. The molecule has 2 atom stereocenters. The molecule has 2 aromatic carbocycles. The summed E-state index contributed by atoms with van der Waals surface area (Å²) in [5.74, 6) is -1.26. The van der Waals surface area contributed by atoms with Gasteiger partial charge in [-0.15, -0.1) is 0 Å². The highest BCUT2D eigenvalue weighted by atomic mass is 19.1. The number of carbonyl (C=O) groups is 1. The lowest BCUT2D eigenvalue weighted by Gasteiger charge is -2.40. The standard InChI is InChI=1S/C31H35F3N6O/c1-20-10-11-22(18-36-20)30(41)39(15-14-24(35)17-32)27(31(2,3)4)29-37-28(25-16-23(33)12-13-26(25)34)38-40(29)19-21-8-6-5-7-9-21/h5-13,16,18,24,27H,14-15,17,19,35H2,1-4H3. The molecule has 2 aromatic heterocycles. The van der Waals surface area contributed by atoms with Crippen LogP contribution in [0.4, 0.5) is 13.2 Å². The third kappa shape index (κ3) is 7.18. The van der Waals surface area contributed by atoms with E-state index in [1.54, 1.807) is 21.7 Å². The van der Waals surface area contributed by atoms with Crippen LogP contribution >= 0.6 is 0 Å². The zero-order valence-corrected chi connectivity index (χ0v) is 23.7. The van der Waals surface area contributed by atoms with Crippen molar-refractivity contribution >= 4 is 5.91 Å². The topological polar surface area (TPSA) is 89.9 Å². The lowest BCUT2D eigenvalue weighted by Crippen LogP contribution is -2.44. The number of rotatable bonds is 10. The minimum absolute atomic E-state index is 0.00737. The average Bonchev–Trinajstić information content (AvgIpc) is 3.34. The summed E-state index contributed by atoms with van der Waals surface area (Å²) in [4.78, 5) is 24.7. The summed E-state index contributed by atoms with van der Waals surface area (Å²) in [6.07, 6.45) is 1.70. The molecule has 0 fully saturated rings. The number of aromatic nitrogens is 4. The Balaban J connectivity index is 1.90. The van der Waals surface area contributed by atoms with Crippen molar-refractivity contribution in [3.8, 4) is 11.4 Å². The van der Waals surface area contributed by atoms with E-state index < -0.39 is 35.8 Å². The molecule has 7 nitrogen and oxygen atoms in total. The molecular weight excluding hydrogens is 529 g/mol. The first-order valence-electron chi connectivity index (χ1n) is 13.5. The molecule has 0 aliphatic rings. The van der Waals surface area contributed by atoms with E-state index in [4.69, 9.17) is 10.7 Å². The highest BCUT2D eigenvalue weighted by molar-refractivity contribution is 5.94. The molecule has 0 spiro atoms. The first kappa shape index (κ1) is 29.9. The molecule has 1 amide bonds. The van der Waals surface area contributed by atoms with Gasteiger partial charge in [0.05, 0.1) is 23.7 Å². The number of hydrogen-bond acceptors (Lipinski definition) is 5. The molecule has 216 valence electrons. The van der Waals surface area contributed by atoms with E-state index in [0.29, 0.717) is 11.4 Å². The molecule has 41 heavy (non-hydrogen) atoms. The Labute approximate surface area is 238 Å². The molecule has 10 heteroatoms. The van der Waals surface area contributed by atoms with Gasteiger partial charge in [0.2, 0.25) is 0 Å². The van der Waals surface area contributed by atoms with Gasteiger partial charge >= 0.3 is 0 Å². The molecule has 4 rings (SSSR count). The van der Waals surface area contributed by atoms with Gasteiger partial charge in [-0.3, -0.25) is 9.78 Å². The number of nitrogens with zero attached hydrogens (tertiary/aromatic N) is 5. The van der Waals surface area contributed by atoms with E-state index in [2.05, 4.69) is 10.1 Å². The molecule has 2 heterocycles. The van der Waals surface area contributed by atoms with Crippen LogP contribution in [0.2, 0.25) is 0 Å². The summed E-state index contributed by atoms with van der Waals surface area (Å²) in [6, 6.07) is 14.6. The summed E-state index contributed by atoms with van der Waals surface area (Å²) >= 11 is 0. The van der Waals surface area contributed by atoms with E-state index in [-0.39, 0.29) is 36.8 Å². The smallest absolute Gasteiger partial charge is 0.256 e. The van der Waals surface area contributed by atoms with Crippen molar-refractivity contribution in [1.29, 1.82) is 0 Å². The number of pyridine rings is 1. The predicted molar refractivity (Wildman–Crippen MR) is 152 cm³/mol. The van der Waals surface area contributed by atoms with Gasteiger partial charge in [-0.2, -0.15) is 5.10 Å². The molecule has 2 N–H and O–H groups in total. The van der Waals surface area contributed by atoms with Crippen LogP contribution in [0.15, 0.2) is 66.9 Å². The Hall–Kier alpha value is -4.05. The van der Waals surface area contributed by atoms with Crippen LogP contribution < -0.4 is 5.73 Å². The SMILES string of the molecule is Cc1ccc(C(=O)N(CCC(N)CF)C(c2nc(-c3cc(F)ccc3F)nn2Cc2ccccc2)C(C)(C)C)cn1. The number of carbonyl (C=O) groups excluding carboxylic acids is 1. The Morgan fingerprint density at radius 2 is 1.80 bits per heavy atom. The largest absolute Gasteiger partial charge is 0.328 e. The maximum atomic E-state index is 14.9. The number of aryl methyl sites for hydroxylation is 1. The van der Waals surface area contributed by atoms with Gasteiger partial charge < -0.3 is 10.6 Å². The fourth-order valence-corrected chi connectivity index (χ4v) is 4.70. The van der Waals surface area contributed by atoms with E-state index >= 15 is 0 Å². The summed E-state index contributed by atoms with van der Waals surface area (Å²) < 4.78 is 44.1. The van der Waals surface area contributed by atoms with Crippen molar-refractivity contribution in [3.63, 3.8) is 0 Å². The minimum atomic E-state index is -0.763. The molecular formula is C31H35F3N6O. The fourth-order valence-electron chi connectivity index (χ4n) is 4.70. The Bertz CT molecular complexity index is 1470. The Morgan fingerprint density at radius 1 is 1.07 bits per heavy atom. The summed E-state index contributed by atoms with van der Waals surface area (Å²) in [5, 5.41) is 4.61. The van der Waals surface area contributed by atoms with Crippen LogP contribution in [-0.2, 0) is 6.54 Å². The Kier molecular flexibility index (Phi) is 9.22. The minimum Gasteiger partial charge on any atom is -0.328 e. The van der Waals surface area contributed by atoms with E-state index in [1.807, 2.05) is 58.0 Å². The van der Waals surface area contributed by atoms with Gasteiger partial charge in [0, 0.05) is 24.5 Å². The lowest BCUT2D eigenvalue weighted by atomic mass is 9.84. The quantitative estimate of drug-likeness (QED) is 0.259. The molecule has 0 radical (unpaired) electrons. The second-order valence-electron chi connectivity index (χ2n) is 11.2. The third-order valence-electron chi connectivity index (χ3n) is 6.78. The van der Waals surface area contributed by atoms with Gasteiger partial charge in [-0.05, 0) is 54.7 Å². The van der Waals surface area contributed by atoms with Crippen LogP contribution in [0.3, 0.4) is 0 Å². The molecule has 0 saturated carbocycles. The van der Waals surface area contributed by atoms with Crippen LogP contribution in [0, 0.1) is 24.0 Å². The molecule has 0 saturated heterocycles. The second kappa shape index (κ2) is 12.6. The zero-order chi connectivity index (χ0) is 29.7. The highest BCUT2D eigenvalue weighted by Gasteiger charge is 2.39. The third-order valence-corrected chi connectivity index (χ3v) is 6.78. The van der Waals surface area contributed by atoms with Crippen LogP contribution in [0.1, 0.15) is 60.7 Å². The van der Waals surface area contributed by atoms with Crippen LogP contribution in [0.5, 0.6) is 0 Å². The maximum absolute atomic E-state index is 14.9. The van der Waals surface area contributed by atoms with E-state index in [1.165, 1.54) is 6.20 Å². The monoisotopic (exact) mass is 564 g/mol. The highest BCUT2D eigenvalue weighted by Crippen LogP contribution is 2.39. The number of halogens is 3. The van der Waals surface area contributed by atoms with Crippen LogP contribution in [0.25, 0.3) is 11.4 Å². The zero-order valence-electron chi connectivity index (χ0n) is 23.7. The second-order valence-corrected chi connectivity index (χ2v) is 11.2. The van der Waals surface area contributed by atoms with E-state index in [0.717, 1.165) is 29.5 Å². The fraction of sp³-hybridized carbons (Fsp3) is 0.355. The van der Waals surface area contributed by atoms with Gasteiger partial charge in [0.1, 0.15) is 18.3 Å². The van der Waals surface area contributed by atoms with Crippen molar-refractivity contribution in [3.05, 3.63) is 101 Å². The number of hydrogen-bond donors (Lipinski definition) is 1. The summed E-state index contributed by atoms with van der Waals surface area (Å²) in [5.41, 5.74) is 7.23. The average molecular weight is 565 g/mol. The van der Waals surface area contributed by atoms with Gasteiger partial charge in [0.15, 0.2) is 11.6 Å². The number of alkyl halides is 1. The molecule has 0 aliphatic carbocycles. The molecule has 2 unspecified atom stereocenters. The predicted octanol–water partition coefficient (Wildman–Crippen LogP) is 5.89. The number of amides is 1. The van der Waals surface area contributed by atoms with Crippen molar-refractivity contribution in [2.75, 3.05) is 13.2 Å². The lowest BCUT2D eigenvalue weighted by molar-refractivity contribution is 0.0469.